The third kappa shape index (κ3) is 7.38. The van der Waals surface area contributed by atoms with Gasteiger partial charge in [-0.05, 0) is 55.7 Å². The highest BCUT2D eigenvalue weighted by molar-refractivity contribution is 5.90. The molecule has 0 unspecified atom stereocenters. The van der Waals surface area contributed by atoms with Crippen molar-refractivity contribution in [2.75, 3.05) is 36.5 Å². The van der Waals surface area contributed by atoms with Gasteiger partial charge >= 0.3 is 0 Å². The number of amides is 1. The number of pyridine rings is 1. The molecular formula is C26H34N6O2. The van der Waals surface area contributed by atoms with E-state index in [0.717, 1.165) is 75.5 Å². The average Bonchev–Trinajstić information content (AvgIpc) is 3.36. The molecule has 34 heavy (non-hydrogen) atoms. The van der Waals surface area contributed by atoms with E-state index >= 15 is 0 Å². The lowest BCUT2D eigenvalue weighted by Gasteiger charge is -2.28. The minimum atomic E-state index is 0.0741. The summed E-state index contributed by atoms with van der Waals surface area (Å²) in [5, 5.41) is 11.6. The topological polar surface area (TPSA) is 85.2 Å². The Labute approximate surface area is 201 Å². The first kappa shape index (κ1) is 23.9. The van der Waals surface area contributed by atoms with Crippen molar-refractivity contribution in [3.63, 3.8) is 0 Å². The molecule has 0 saturated carbocycles. The van der Waals surface area contributed by atoms with Crippen LogP contribution in [0, 0.1) is 0 Å². The number of hydrogen-bond donors (Lipinski definition) is 1. The molecule has 8 nitrogen and oxygen atoms in total. The second kappa shape index (κ2) is 12.8. The van der Waals surface area contributed by atoms with Gasteiger partial charge in [-0.2, -0.15) is 0 Å². The number of carbonyl (C=O) groups is 1. The number of ether oxygens (including phenoxy) is 1. The van der Waals surface area contributed by atoms with Crippen LogP contribution in [-0.2, 0) is 16.0 Å². The zero-order chi connectivity index (χ0) is 23.4. The van der Waals surface area contributed by atoms with Crippen LogP contribution in [0.15, 0.2) is 55.0 Å². The van der Waals surface area contributed by atoms with E-state index in [0.29, 0.717) is 6.42 Å². The fourth-order valence-corrected chi connectivity index (χ4v) is 4.13. The fraction of sp³-hybridized carbons (Fsp3) is 0.462. The summed E-state index contributed by atoms with van der Waals surface area (Å²) in [6, 6.07) is 12.1. The highest BCUT2D eigenvalue weighted by Crippen LogP contribution is 2.19. The van der Waals surface area contributed by atoms with E-state index in [1.54, 1.807) is 24.5 Å². The zero-order valence-electron chi connectivity index (χ0n) is 19.7. The Hall–Kier alpha value is -3.26. The van der Waals surface area contributed by atoms with Gasteiger partial charge in [0.25, 0.3) is 0 Å². The van der Waals surface area contributed by atoms with Crippen molar-refractivity contribution >= 4 is 17.3 Å². The zero-order valence-corrected chi connectivity index (χ0v) is 19.7. The average molecular weight is 463 g/mol. The van der Waals surface area contributed by atoms with Gasteiger partial charge in [0.1, 0.15) is 0 Å². The van der Waals surface area contributed by atoms with E-state index in [-0.39, 0.29) is 5.91 Å². The number of benzene rings is 1. The molecule has 1 fully saturated rings. The summed E-state index contributed by atoms with van der Waals surface area (Å²) in [6.45, 7) is 3.46. The van der Waals surface area contributed by atoms with Crippen LogP contribution in [0.1, 0.15) is 50.6 Å². The van der Waals surface area contributed by atoms with Gasteiger partial charge in [-0.1, -0.05) is 30.9 Å². The smallest absolute Gasteiger partial charge is 0.224 e. The van der Waals surface area contributed by atoms with Crippen LogP contribution < -0.4 is 10.2 Å². The molecule has 1 aliphatic heterocycles. The van der Waals surface area contributed by atoms with E-state index in [1.165, 1.54) is 18.5 Å². The van der Waals surface area contributed by atoms with Crippen LogP contribution in [0.4, 0.5) is 11.4 Å². The molecule has 0 aliphatic carbocycles. The van der Waals surface area contributed by atoms with Crippen molar-refractivity contribution in [2.45, 2.75) is 51.4 Å². The Morgan fingerprint density at radius 1 is 0.882 bits per heavy atom. The lowest BCUT2D eigenvalue weighted by Crippen LogP contribution is -2.36. The maximum atomic E-state index is 11.9. The molecule has 0 spiro atoms. The van der Waals surface area contributed by atoms with Crippen LogP contribution in [0.2, 0.25) is 0 Å². The third-order valence-corrected chi connectivity index (χ3v) is 6.08. The summed E-state index contributed by atoms with van der Waals surface area (Å²) in [5.41, 5.74) is 4.09. The number of hydrogen-bond acceptors (Lipinski definition) is 6. The predicted molar refractivity (Wildman–Crippen MR) is 133 cm³/mol. The van der Waals surface area contributed by atoms with Gasteiger partial charge in [0, 0.05) is 43.3 Å². The Balaban J connectivity index is 1.08. The normalized spacial score (nSPS) is 13.7. The summed E-state index contributed by atoms with van der Waals surface area (Å²) in [7, 11) is 0. The Bertz CT molecular complexity index is 1000. The molecule has 3 heterocycles. The van der Waals surface area contributed by atoms with E-state index in [1.807, 2.05) is 10.9 Å². The third-order valence-electron chi connectivity index (χ3n) is 6.08. The largest absolute Gasteiger partial charge is 0.378 e. The summed E-state index contributed by atoms with van der Waals surface area (Å²) in [4.78, 5) is 18.2. The van der Waals surface area contributed by atoms with Gasteiger partial charge in [-0.15, -0.1) is 5.10 Å². The number of aromatic nitrogens is 4. The lowest BCUT2D eigenvalue weighted by atomic mass is 10.1. The highest BCUT2D eigenvalue weighted by atomic mass is 16.5. The molecule has 1 aromatic carbocycles. The first-order valence-corrected chi connectivity index (χ1v) is 12.3. The molecule has 1 saturated heterocycles. The first-order chi connectivity index (χ1) is 16.8. The molecule has 1 amide bonds. The molecule has 0 atom stereocenters. The van der Waals surface area contributed by atoms with Gasteiger partial charge in [0.15, 0.2) is 0 Å². The van der Waals surface area contributed by atoms with Gasteiger partial charge in [0.2, 0.25) is 5.91 Å². The number of unbranched alkanes of at least 4 members (excludes halogenated alkanes) is 5. The van der Waals surface area contributed by atoms with E-state index in [9.17, 15) is 4.79 Å². The Kier molecular flexibility index (Phi) is 9.02. The van der Waals surface area contributed by atoms with Crippen molar-refractivity contribution in [2.24, 2.45) is 0 Å². The minimum absolute atomic E-state index is 0.0741. The molecule has 0 radical (unpaired) electrons. The highest BCUT2D eigenvalue weighted by Gasteiger charge is 2.11. The Morgan fingerprint density at radius 2 is 1.56 bits per heavy atom. The van der Waals surface area contributed by atoms with Crippen LogP contribution in [0.5, 0.6) is 0 Å². The van der Waals surface area contributed by atoms with Crippen molar-refractivity contribution in [3.05, 3.63) is 60.7 Å². The Morgan fingerprint density at radius 3 is 2.32 bits per heavy atom. The molecule has 0 bridgehead atoms. The van der Waals surface area contributed by atoms with Crippen LogP contribution in [-0.4, -0.2) is 52.2 Å². The SMILES string of the molecule is O=C(CCCCCCCCc1cn(-c2ccc(N3CCOCC3)cc2)nn1)Nc1ccncc1. The number of rotatable bonds is 12. The number of nitrogens with zero attached hydrogens (tertiary/aromatic N) is 5. The van der Waals surface area contributed by atoms with Gasteiger partial charge < -0.3 is 15.0 Å². The molecule has 180 valence electrons. The summed E-state index contributed by atoms with van der Waals surface area (Å²) in [5.74, 6) is 0.0741. The molecule has 3 aromatic rings. The van der Waals surface area contributed by atoms with E-state index in [2.05, 4.69) is 49.8 Å². The van der Waals surface area contributed by atoms with E-state index < -0.39 is 0 Å². The number of carbonyl (C=O) groups excluding carboxylic acids is 1. The first-order valence-electron chi connectivity index (χ1n) is 12.3. The van der Waals surface area contributed by atoms with Crippen molar-refractivity contribution in [1.82, 2.24) is 20.0 Å². The molecule has 1 N–H and O–H groups in total. The van der Waals surface area contributed by atoms with Crippen molar-refractivity contribution < 1.29 is 9.53 Å². The maximum Gasteiger partial charge on any atom is 0.224 e. The standard InChI is InChI=1S/C26H34N6O2/c33-26(28-22-13-15-27-16-14-22)8-6-4-2-1-3-5-7-23-21-32(30-29-23)25-11-9-24(10-12-25)31-17-19-34-20-18-31/h9-16,21H,1-8,17-20H2,(H,27,28,33). The minimum Gasteiger partial charge on any atom is -0.378 e. The fourth-order valence-electron chi connectivity index (χ4n) is 4.13. The summed E-state index contributed by atoms with van der Waals surface area (Å²) >= 11 is 0. The van der Waals surface area contributed by atoms with Crippen LogP contribution >= 0.6 is 0 Å². The molecule has 4 rings (SSSR count). The van der Waals surface area contributed by atoms with Gasteiger partial charge in [-0.25, -0.2) is 4.68 Å². The molecular weight excluding hydrogens is 428 g/mol. The monoisotopic (exact) mass is 462 g/mol. The number of anilines is 2. The van der Waals surface area contributed by atoms with Gasteiger partial charge in [-0.3, -0.25) is 9.78 Å². The number of morpholine rings is 1. The summed E-state index contributed by atoms with van der Waals surface area (Å²) in [6.07, 6.45) is 13.5. The quantitative estimate of drug-likeness (QED) is 0.401. The number of aryl methyl sites for hydroxylation is 1. The van der Waals surface area contributed by atoms with Gasteiger partial charge in [0.05, 0.1) is 30.8 Å². The lowest BCUT2D eigenvalue weighted by molar-refractivity contribution is -0.116. The van der Waals surface area contributed by atoms with Crippen LogP contribution in [0.25, 0.3) is 5.69 Å². The second-order valence-electron chi connectivity index (χ2n) is 8.68. The van der Waals surface area contributed by atoms with Crippen molar-refractivity contribution in [1.29, 1.82) is 0 Å². The predicted octanol–water partition coefficient (Wildman–Crippen LogP) is 4.41. The molecule has 2 aromatic heterocycles. The summed E-state index contributed by atoms with van der Waals surface area (Å²) < 4.78 is 7.28. The second-order valence-corrected chi connectivity index (χ2v) is 8.68. The van der Waals surface area contributed by atoms with E-state index in [4.69, 9.17) is 4.74 Å². The molecule has 8 heteroatoms. The number of nitrogens with one attached hydrogen (secondary N) is 1. The van der Waals surface area contributed by atoms with Crippen molar-refractivity contribution in [3.8, 4) is 5.69 Å². The maximum absolute atomic E-state index is 11.9. The van der Waals surface area contributed by atoms with Crippen LogP contribution in [0.3, 0.4) is 0 Å². The molecule has 1 aliphatic rings.